The Morgan fingerprint density at radius 1 is 1.30 bits per heavy atom. The number of amides is 1. The van der Waals surface area contributed by atoms with Crippen molar-refractivity contribution in [1.82, 2.24) is 10.2 Å². The number of hydrogen-bond donors (Lipinski definition) is 1. The summed E-state index contributed by atoms with van der Waals surface area (Å²) in [5.74, 6) is 1.82. The minimum absolute atomic E-state index is 0. The lowest BCUT2D eigenvalue weighted by atomic mass is 9.68. The van der Waals surface area contributed by atoms with Crippen LogP contribution in [0.5, 0.6) is 5.75 Å². The number of fused-ring (bicyclic) bond motifs is 1. The molecule has 148 valence electrons. The van der Waals surface area contributed by atoms with Crippen LogP contribution < -0.4 is 15.0 Å². The molecule has 1 saturated carbocycles. The SMILES string of the molecule is CN=C(NCCCN1C(=O)COc2ccccc21)N1CCC2(CCC2)C1.I. The van der Waals surface area contributed by atoms with Crippen LogP contribution in [-0.2, 0) is 4.79 Å². The van der Waals surface area contributed by atoms with Gasteiger partial charge < -0.3 is 19.9 Å². The van der Waals surface area contributed by atoms with Gasteiger partial charge in [-0.3, -0.25) is 9.79 Å². The van der Waals surface area contributed by atoms with Crippen LogP contribution in [0.4, 0.5) is 5.69 Å². The van der Waals surface area contributed by atoms with Crippen LogP contribution in [0.2, 0.25) is 0 Å². The third kappa shape index (κ3) is 4.17. The normalized spacial score (nSPS) is 20.6. The molecule has 0 radical (unpaired) electrons. The van der Waals surface area contributed by atoms with Crippen molar-refractivity contribution in [3.63, 3.8) is 0 Å². The van der Waals surface area contributed by atoms with Gasteiger partial charge in [-0.05, 0) is 43.2 Å². The van der Waals surface area contributed by atoms with Crippen LogP contribution >= 0.6 is 24.0 Å². The van der Waals surface area contributed by atoms with Crippen LogP contribution in [0.25, 0.3) is 0 Å². The quantitative estimate of drug-likeness (QED) is 0.309. The summed E-state index contributed by atoms with van der Waals surface area (Å²) >= 11 is 0. The highest BCUT2D eigenvalue weighted by Crippen LogP contribution is 2.47. The molecule has 6 nitrogen and oxygen atoms in total. The third-order valence-electron chi connectivity index (χ3n) is 6.01. The van der Waals surface area contributed by atoms with E-state index in [1.54, 1.807) is 0 Å². The Bertz CT molecular complexity index is 705. The van der Waals surface area contributed by atoms with E-state index in [2.05, 4.69) is 15.2 Å². The standard InChI is InChI=1S/C20H28N4O2.HI/c1-21-19(23-13-10-20(15-23)8-4-9-20)22-11-5-12-24-16-6-2-3-7-17(16)26-14-18(24)25;/h2-3,6-7H,4-5,8-15H2,1H3,(H,21,22);1H. The van der Waals surface area contributed by atoms with Gasteiger partial charge >= 0.3 is 0 Å². The Balaban J connectivity index is 0.00000210. The number of likely N-dealkylation sites (tertiary alicyclic amines) is 1. The number of rotatable bonds is 4. The van der Waals surface area contributed by atoms with Gasteiger partial charge in [0.15, 0.2) is 12.6 Å². The number of nitrogens with zero attached hydrogens (tertiary/aromatic N) is 3. The Morgan fingerprint density at radius 3 is 2.81 bits per heavy atom. The van der Waals surface area contributed by atoms with Crippen molar-refractivity contribution in [2.45, 2.75) is 32.1 Å². The first-order valence-electron chi connectivity index (χ1n) is 9.69. The Morgan fingerprint density at radius 2 is 2.11 bits per heavy atom. The summed E-state index contributed by atoms with van der Waals surface area (Å²) in [5.41, 5.74) is 1.45. The maximum Gasteiger partial charge on any atom is 0.265 e. The van der Waals surface area contributed by atoms with Crippen molar-refractivity contribution in [2.75, 3.05) is 44.7 Å². The molecule has 1 aromatic rings. The molecule has 1 aliphatic carbocycles. The van der Waals surface area contributed by atoms with Gasteiger partial charge in [0.1, 0.15) is 5.75 Å². The Kier molecular flexibility index (Phi) is 6.49. The van der Waals surface area contributed by atoms with E-state index in [0.29, 0.717) is 12.0 Å². The summed E-state index contributed by atoms with van der Waals surface area (Å²) < 4.78 is 5.50. The first kappa shape index (κ1) is 20.2. The number of carbonyl (C=O) groups excluding carboxylic acids is 1. The maximum absolute atomic E-state index is 12.2. The zero-order valence-corrected chi connectivity index (χ0v) is 18.3. The van der Waals surface area contributed by atoms with E-state index < -0.39 is 0 Å². The van der Waals surface area contributed by atoms with Crippen molar-refractivity contribution in [2.24, 2.45) is 10.4 Å². The van der Waals surface area contributed by atoms with Crippen molar-refractivity contribution >= 4 is 41.5 Å². The van der Waals surface area contributed by atoms with Gasteiger partial charge in [0.25, 0.3) is 5.91 Å². The van der Waals surface area contributed by atoms with Gasteiger partial charge in [-0.1, -0.05) is 18.6 Å². The molecule has 2 aliphatic heterocycles. The third-order valence-corrected chi connectivity index (χ3v) is 6.01. The second-order valence-corrected chi connectivity index (χ2v) is 7.65. The molecule has 7 heteroatoms. The number of ether oxygens (including phenoxy) is 1. The highest BCUT2D eigenvalue weighted by molar-refractivity contribution is 14.0. The monoisotopic (exact) mass is 484 g/mol. The van der Waals surface area contributed by atoms with Crippen LogP contribution in [0.15, 0.2) is 29.3 Å². The van der Waals surface area contributed by atoms with Crippen molar-refractivity contribution in [3.05, 3.63) is 24.3 Å². The van der Waals surface area contributed by atoms with E-state index in [1.165, 1.54) is 25.7 Å². The fraction of sp³-hybridized carbons (Fsp3) is 0.600. The van der Waals surface area contributed by atoms with E-state index in [9.17, 15) is 4.79 Å². The van der Waals surface area contributed by atoms with Crippen molar-refractivity contribution in [3.8, 4) is 5.75 Å². The molecule has 1 aromatic carbocycles. The lowest BCUT2D eigenvalue weighted by Crippen LogP contribution is -2.44. The fourth-order valence-electron chi connectivity index (χ4n) is 4.37. The molecule has 0 unspecified atom stereocenters. The topological polar surface area (TPSA) is 57.2 Å². The average Bonchev–Trinajstić information content (AvgIpc) is 3.09. The summed E-state index contributed by atoms with van der Waals surface area (Å²) in [4.78, 5) is 20.9. The summed E-state index contributed by atoms with van der Waals surface area (Å²) in [6, 6.07) is 7.74. The molecule has 3 aliphatic rings. The largest absolute Gasteiger partial charge is 0.482 e. The number of anilines is 1. The second-order valence-electron chi connectivity index (χ2n) is 7.65. The molecular formula is C20H29IN4O2. The van der Waals surface area contributed by atoms with E-state index in [-0.39, 0.29) is 36.5 Å². The zero-order chi connectivity index (χ0) is 18.0. The number of aliphatic imine (C=N–C) groups is 1. The number of nitrogens with one attached hydrogen (secondary N) is 1. The number of para-hydroxylation sites is 2. The zero-order valence-electron chi connectivity index (χ0n) is 15.9. The molecular weight excluding hydrogens is 455 g/mol. The van der Waals surface area contributed by atoms with E-state index >= 15 is 0 Å². The summed E-state index contributed by atoms with van der Waals surface area (Å²) in [5, 5.41) is 3.48. The first-order valence-corrected chi connectivity index (χ1v) is 9.69. The van der Waals surface area contributed by atoms with E-state index in [4.69, 9.17) is 4.74 Å². The highest BCUT2D eigenvalue weighted by Gasteiger charge is 2.43. The molecule has 27 heavy (non-hydrogen) atoms. The van der Waals surface area contributed by atoms with Gasteiger partial charge in [-0.25, -0.2) is 0 Å². The van der Waals surface area contributed by atoms with Crippen LogP contribution in [0.3, 0.4) is 0 Å². The van der Waals surface area contributed by atoms with Gasteiger partial charge in [-0.2, -0.15) is 0 Å². The molecule has 2 heterocycles. The molecule has 0 bridgehead atoms. The number of hydrogen-bond acceptors (Lipinski definition) is 3. The molecule has 2 fully saturated rings. The molecule has 1 amide bonds. The number of carbonyl (C=O) groups is 1. The number of benzene rings is 1. The Labute approximate surface area is 178 Å². The fourth-order valence-corrected chi connectivity index (χ4v) is 4.37. The smallest absolute Gasteiger partial charge is 0.265 e. The molecule has 0 aromatic heterocycles. The molecule has 0 atom stereocenters. The summed E-state index contributed by atoms with van der Waals surface area (Å²) in [6.45, 7) is 3.87. The predicted molar refractivity (Wildman–Crippen MR) is 118 cm³/mol. The van der Waals surface area contributed by atoms with Gasteiger partial charge in [0, 0.05) is 33.2 Å². The first-order chi connectivity index (χ1) is 12.7. The molecule has 1 saturated heterocycles. The van der Waals surface area contributed by atoms with Crippen molar-refractivity contribution in [1.29, 1.82) is 0 Å². The van der Waals surface area contributed by atoms with Gasteiger partial charge in [0.05, 0.1) is 5.69 Å². The highest BCUT2D eigenvalue weighted by atomic mass is 127. The lowest BCUT2D eigenvalue weighted by Gasteiger charge is -2.38. The van der Waals surface area contributed by atoms with E-state index in [0.717, 1.165) is 43.5 Å². The number of guanidine groups is 1. The van der Waals surface area contributed by atoms with Gasteiger partial charge in [-0.15, -0.1) is 24.0 Å². The minimum Gasteiger partial charge on any atom is -0.482 e. The van der Waals surface area contributed by atoms with E-state index in [1.807, 2.05) is 36.2 Å². The maximum atomic E-state index is 12.2. The van der Waals surface area contributed by atoms with Crippen LogP contribution in [0, 0.1) is 5.41 Å². The minimum atomic E-state index is 0. The predicted octanol–water partition coefficient (Wildman–Crippen LogP) is 2.87. The number of halogens is 1. The molecule has 4 rings (SSSR count). The molecule has 1 N–H and O–H groups in total. The van der Waals surface area contributed by atoms with Crippen LogP contribution in [0.1, 0.15) is 32.1 Å². The summed E-state index contributed by atoms with van der Waals surface area (Å²) in [7, 11) is 1.86. The van der Waals surface area contributed by atoms with Crippen molar-refractivity contribution < 1.29 is 9.53 Å². The Hall–Kier alpha value is -1.51. The summed E-state index contributed by atoms with van der Waals surface area (Å²) in [6.07, 6.45) is 6.30. The van der Waals surface area contributed by atoms with Gasteiger partial charge in [0.2, 0.25) is 0 Å². The lowest BCUT2D eigenvalue weighted by molar-refractivity contribution is -0.121. The van der Waals surface area contributed by atoms with Crippen LogP contribution in [-0.4, -0.2) is 56.6 Å². The molecule has 1 spiro atoms. The average molecular weight is 484 g/mol. The second kappa shape index (κ2) is 8.67.